The largest absolute Gasteiger partial charge is 0.457 e. The molecule has 0 saturated carbocycles. The molecule has 0 radical (unpaired) electrons. The molecule has 0 aliphatic heterocycles. The first-order valence-corrected chi connectivity index (χ1v) is 8.63. The number of nitro groups is 1. The second-order valence-corrected chi connectivity index (χ2v) is 6.65. The number of allylic oxidation sites excluding steroid dienone is 1. The highest BCUT2D eigenvalue weighted by Crippen LogP contribution is 2.32. The molecule has 1 heterocycles. The van der Waals surface area contributed by atoms with Gasteiger partial charge in [0.2, 0.25) is 0 Å². The SMILES string of the molecule is O=C(C=Cc1ccc(-c2ccc([N+](=O)[O-])cc2Cl)o1)c1ccc(Br)cc1. The van der Waals surface area contributed by atoms with Crippen LogP contribution in [-0.4, -0.2) is 10.7 Å². The maximum absolute atomic E-state index is 12.1. The summed E-state index contributed by atoms with van der Waals surface area (Å²) >= 11 is 9.42. The molecule has 0 amide bonds. The molecule has 3 aromatic rings. The predicted octanol–water partition coefficient (Wildman–Crippen LogP) is 6.17. The van der Waals surface area contributed by atoms with Gasteiger partial charge in [-0.25, -0.2) is 0 Å². The van der Waals surface area contributed by atoms with Gasteiger partial charge in [0.05, 0.1) is 9.95 Å². The van der Waals surface area contributed by atoms with Crippen molar-refractivity contribution in [2.24, 2.45) is 0 Å². The lowest BCUT2D eigenvalue weighted by Crippen LogP contribution is -1.92. The molecule has 3 rings (SSSR count). The van der Waals surface area contributed by atoms with Crippen LogP contribution in [0.2, 0.25) is 5.02 Å². The third-order valence-electron chi connectivity index (χ3n) is 3.58. The number of nitro benzene ring substituents is 1. The number of carbonyl (C=O) groups excluding carboxylic acids is 1. The minimum absolute atomic E-state index is 0.0921. The lowest BCUT2D eigenvalue weighted by Gasteiger charge is -2.00. The zero-order chi connectivity index (χ0) is 18.7. The molecule has 0 spiro atoms. The predicted molar refractivity (Wildman–Crippen MR) is 103 cm³/mol. The molecule has 1 aromatic heterocycles. The van der Waals surface area contributed by atoms with Crippen LogP contribution in [0.3, 0.4) is 0 Å². The maximum Gasteiger partial charge on any atom is 0.270 e. The van der Waals surface area contributed by atoms with Gasteiger partial charge in [0.25, 0.3) is 5.69 Å². The molecule has 5 nitrogen and oxygen atoms in total. The number of hydrogen-bond donors (Lipinski definition) is 0. The first-order chi connectivity index (χ1) is 12.4. The van der Waals surface area contributed by atoms with E-state index in [0.29, 0.717) is 22.6 Å². The molecule has 7 heteroatoms. The Labute approximate surface area is 162 Å². The van der Waals surface area contributed by atoms with Gasteiger partial charge in [-0.15, -0.1) is 0 Å². The van der Waals surface area contributed by atoms with E-state index in [9.17, 15) is 14.9 Å². The Hall–Kier alpha value is -2.70. The summed E-state index contributed by atoms with van der Waals surface area (Å²) in [5, 5.41) is 11.0. The number of nitrogens with zero attached hydrogens (tertiary/aromatic N) is 1. The number of carbonyl (C=O) groups is 1. The molecule has 0 aliphatic rings. The number of non-ortho nitro benzene ring substituents is 1. The number of ketones is 1. The minimum Gasteiger partial charge on any atom is -0.457 e. The van der Waals surface area contributed by atoms with Crippen LogP contribution in [0, 0.1) is 10.1 Å². The van der Waals surface area contributed by atoms with E-state index in [0.717, 1.165) is 4.47 Å². The molecular formula is C19H11BrClNO4. The van der Waals surface area contributed by atoms with E-state index in [1.54, 1.807) is 42.5 Å². The van der Waals surface area contributed by atoms with Crippen LogP contribution in [0.5, 0.6) is 0 Å². The van der Waals surface area contributed by atoms with Crippen molar-refractivity contribution in [3.05, 3.63) is 91.6 Å². The Morgan fingerprint density at radius 1 is 1.12 bits per heavy atom. The summed E-state index contributed by atoms with van der Waals surface area (Å²) in [7, 11) is 0. The summed E-state index contributed by atoms with van der Waals surface area (Å²) in [5.41, 5.74) is 1.01. The van der Waals surface area contributed by atoms with Crippen molar-refractivity contribution in [2.75, 3.05) is 0 Å². The van der Waals surface area contributed by atoms with Crippen LogP contribution in [0.25, 0.3) is 17.4 Å². The van der Waals surface area contributed by atoms with Gasteiger partial charge < -0.3 is 4.42 Å². The molecule has 0 aliphatic carbocycles. The topological polar surface area (TPSA) is 73.3 Å². The molecule has 130 valence electrons. The van der Waals surface area contributed by atoms with Crippen LogP contribution < -0.4 is 0 Å². The number of benzene rings is 2. The van der Waals surface area contributed by atoms with Crippen LogP contribution >= 0.6 is 27.5 Å². The fourth-order valence-corrected chi connectivity index (χ4v) is 2.81. The second kappa shape index (κ2) is 7.68. The summed E-state index contributed by atoms with van der Waals surface area (Å²) in [5.74, 6) is 0.782. The zero-order valence-electron chi connectivity index (χ0n) is 13.2. The molecule has 0 saturated heterocycles. The van der Waals surface area contributed by atoms with Gasteiger partial charge >= 0.3 is 0 Å². The van der Waals surface area contributed by atoms with Gasteiger partial charge in [0.15, 0.2) is 5.78 Å². The fourth-order valence-electron chi connectivity index (χ4n) is 2.27. The second-order valence-electron chi connectivity index (χ2n) is 5.33. The van der Waals surface area contributed by atoms with Crippen molar-refractivity contribution < 1.29 is 14.1 Å². The summed E-state index contributed by atoms with van der Waals surface area (Å²) in [6.45, 7) is 0. The number of rotatable bonds is 5. The average Bonchev–Trinajstić information content (AvgIpc) is 3.08. The third kappa shape index (κ3) is 4.09. The highest BCUT2D eigenvalue weighted by Gasteiger charge is 2.13. The average molecular weight is 433 g/mol. The Morgan fingerprint density at radius 3 is 2.50 bits per heavy atom. The summed E-state index contributed by atoms with van der Waals surface area (Å²) < 4.78 is 6.55. The Kier molecular flexibility index (Phi) is 5.35. The third-order valence-corrected chi connectivity index (χ3v) is 4.42. The highest BCUT2D eigenvalue weighted by atomic mass is 79.9. The number of halogens is 2. The normalized spacial score (nSPS) is 11.0. The van der Waals surface area contributed by atoms with Gasteiger partial charge in [-0.05, 0) is 54.6 Å². The summed E-state index contributed by atoms with van der Waals surface area (Å²) in [4.78, 5) is 22.4. The number of furan rings is 1. The van der Waals surface area contributed by atoms with Gasteiger partial charge in [-0.1, -0.05) is 27.5 Å². The van der Waals surface area contributed by atoms with E-state index >= 15 is 0 Å². The first kappa shape index (κ1) is 18.1. The monoisotopic (exact) mass is 431 g/mol. The van der Waals surface area contributed by atoms with E-state index < -0.39 is 4.92 Å². The van der Waals surface area contributed by atoms with Gasteiger partial charge in [-0.2, -0.15) is 0 Å². The molecular weight excluding hydrogens is 422 g/mol. The van der Waals surface area contributed by atoms with Crippen LogP contribution in [0.15, 0.2) is 69.6 Å². The summed E-state index contributed by atoms with van der Waals surface area (Å²) in [6, 6.07) is 14.6. The molecule has 0 N–H and O–H groups in total. The van der Waals surface area contributed by atoms with Crippen molar-refractivity contribution in [2.45, 2.75) is 0 Å². The lowest BCUT2D eigenvalue weighted by atomic mass is 10.1. The quantitative estimate of drug-likeness (QED) is 0.209. The Balaban J connectivity index is 1.78. The van der Waals surface area contributed by atoms with E-state index in [4.69, 9.17) is 16.0 Å². The first-order valence-electron chi connectivity index (χ1n) is 7.46. The van der Waals surface area contributed by atoms with Crippen LogP contribution in [0.4, 0.5) is 5.69 Å². The number of hydrogen-bond acceptors (Lipinski definition) is 4. The highest BCUT2D eigenvalue weighted by molar-refractivity contribution is 9.10. The lowest BCUT2D eigenvalue weighted by molar-refractivity contribution is -0.384. The minimum atomic E-state index is -0.514. The van der Waals surface area contributed by atoms with Gasteiger partial charge in [-0.3, -0.25) is 14.9 Å². The molecule has 0 atom stereocenters. The zero-order valence-corrected chi connectivity index (χ0v) is 15.5. The molecule has 0 bridgehead atoms. The van der Waals surface area contributed by atoms with Crippen molar-refractivity contribution in [3.63, 3.8) is 0 Å². The van der Waals surface area contributed by atoms with Crippen molar-refractivity contribution in [1.29, 1.82) is 0 Å². The fraction of sp³-hybridized carbons (Fsp3) is 0. The van der Waals surface area contributed by atoms with E-state index in [-0.39, 0.29) is 16.5 Å². The van der Waals surface area contributed by atoms with E-state index in [1.165, 1.54) is 24.3 Å². The van der Waals surface area contributed by atoms with Crippen molar-refractivity contribution in [1.82, 2.24) is 0 Å². The van der Waals surface area contributed by atoms with E-state index in [1.807, 2.05) is 0 Å². The summed E-state index contributed by atoms with van der Waals surface area (Å²) in [6.07, 6.45) is 2.98. The maximum atomic E-state index is 12.1. The Morgan fingerprint density at radius 2 is 1.85 bits per heavy atom. The van der Waals surface area contributed by atoms with Crippen molar-refractivity contribution in [3.8, 4) is 11.3 Å². The molecule has 2 aromatic carbocycles. The van der Waals surface area contributed by atoms with Gasteiger partial charge in [0.1, 0.15) is 11.5 Å². The van der Waals surface area contributed by atoms with Crippen LogP contribution in [-0.2, 0) is 0 Å². The smallest absolute Gasteiger partial charge is 0.270 e. The molecule has 26 heavy (non-hydrogen) atoms. The standard InChI is InChI=1S/C19H11BrClNO4/c20-13-3-1-12(2-4-13)18(23)9-6-15-7-10-19(26-15)16-8-5-14(22(24)25)11-17(16)21/h1-11H. The van der Waals surface area contributed by atoms with E-state index in [2.05, 4.69) is 15.9 Å². The van der Waals surface area contributed by atoms with Crippen LogP contribution in [0.1, 0.15) is 16.1 Å². The Bertz CT molecular complexity index is 1010. The molecule has 0 fully saturated rings. The molecule has 0 unspecified atom stereocenters. The van der Waals surface area contributed by atoms with Crippen molar-refractivity contribution >= 4 is 45.1 Å². The van der Waals surface area contributed by atoms with Gasteiger partial charge in [0, 0.05) is 27.7 Å².